The van der Waals surface area contributed by atoms with Crippen molar-refractivity contribution in [2.24, 2.45) is 0 Å². The van der Waals surface area contributed by atoms with Gasteiger partial charge >= 0.3 is 11.9 Å². The zero-order chi connectivity index (χ0) is 24.6. The molecule has 7 nitrogen and oxygen atoms in total. The van der Waals surface area contributed by atoms with Crippen LogP contribution in [0.3, 0.4) is 0 Å². The fraction of sp³-hybridized carbons (Fsp3) is 0.200. The van der Waals surface area contributed by atoms with Gasteiger partial charge in [0.25, 0.3) is 5.78 Å². The molecule has 3 aromatic rings. The SMILES string of the molecule is CCOC(=O)c1sc(N2C(=O)C(=O)C(=C(O)c3ccc(C)cc3)[C@H]2c2ccc(Br)cc2)nc1C. The maximum absolute atomic E-state index is 13.2. The molecular formula is C25H21BrN2O5S. The van der Waals surface area contributed by atoms with Gasteiger partial charge in [0.05, 0.1) is 23.9 Å². The van der Waals surface area contributed by atoms with Crippen molar-refractivity contribution in [3.05, 3.63) is 85.8 Å². The number of Topliss-reactive ketones (excluding diaryl/α,β-unsaturated/α-hetero) is 1. The van der Waals surface area contributed by atoms with E-state index in [0.29, 0.717) is 16.8 Å². The lowest BCUT2D eigenvalue weighted by Crippen LogP contribution is -2.29. The topological polar surface area (TPSA) is 96.8 Å². The largest absolute Gasteiger partial charge is 0.507 e. The Kier molecular flexibility index (Phi) is 6.67. The van der Waals surface area contributed by atoms with Gasteiger partial charge in [-0.05, 0) is 38.5 Å². The summed E-state index contributed by atoms with van der Waals surface area (Å²) in [5.74, 6) is -2.46. The number of ketones is 1. The number of halogens is 1. The first-order chi connectivity index (χ1) is 16.2. The fourth-order valence-electron chi connectivity index (χ4n) is 3.73. The molecule has 1 aliphatic heterocycles. The van der Waals surface area contributed by atoms with Crippen LogP contribution in [0.15, 0.2) is 58.6 Å². The predicted molar refractivity (Wildman–Crippen MR) is 133 cm³/mol. The summed E-state index contributed by atoms with van der Waals surface area (Å²) in [5.41, 5.74) is 2.39. The van der Waals surface area contributed by atoms with Crippen LogP contribution < -0.4 is 4.90 Å². The molecule has 0 unspecified atom stereocenters. The first-order valence-electron chi connectivity index (χ1n) is 10.5. The summed E-state index contributed by atoms with van der Waals surface area (Å²) in [5, 5.41) is 11.3. The lowest BCUT2D eigenvalue weighted by atomic mass is 9.95. The van der Waals surface area contributed by atoms with E-state index in [0.717, 1.165) is 21.4 Å². The molecular weight excluding hydrogens is 520 g/mol. The number of aliphatic hydroxyl groups excluding tert-OH is 1. The Hall–Kier alpha value is -3.30. The number of hydrogen-bond acceptors (Lipinski definition) is 7. The Morgan fingerprint density at radius 1 is 1.12 bits per heavy atom. The molecule has 34 heavy (non-hydrogen) atoms. The number of carbonyl (C=O) groups is 3. The van der Waals surface area contributed by atoms with Gasteiger partial charge in [-0.1, -0.05) is 69.2 Å². The van der Waals surface area contributed by atoms with Crippen molar-refractivity contribution in [3.63, 3.8) is 0 Å². The van der Waals surface area contributed by atoms with Gasteiger partial charge in [-0.25, -0.2) is 9.78 Å². The number of thiazole rings is 1. The molecule has 1 amide bonds. The van der Waals surface area contributed by atoms with Crippen molar-refractivity contribution in [1.82, 2.24) is 4.98 Å². The lowest BCUT2D eigenvalue weighted by molar-refractivity contribution is -0.132. The van der Waals surface area contributed by atoms with E-state index in [-0.39, 0.29) is 27.9 Å². The number of hydrogen-bond donors (Lipinski definition) is 1. The Balaban J connectivity index is 1.90. The predicted octanol–water partition coefficient (Wildman–Crippen LogP) is 5.33. The summed E-state index contributed by atoms with van der Waals surface area (Å²) in [6.07, 6.45) is 0. The third kappa shape index (κ3) is 4.28. The number of nitrogens with zero attached hydrogens (tertiary/aromatic N) is 2. The number of anilines is 1. The fourth-order valence-corrected chi connectivity index (χ4v) is 4.98. The van der Waals surface area contributed by atoms with Crippen LogP contribution in [0.2, 0.25) is 0 Å². The molecule has 2 aromatic carbocycles. The number of ether oxygens (including phenoxy) is 1. The zero-order valence-corrected chi connectivity index (χ0v) is 21.1. The van der Waals surface area contributed by atoms with Gasteiger partial charge in [0.15, 0.2) is 5.13 Å². The van der Waals surface area contributed by atoms with E-state index in [2.05, 4.69) is 20.9 Å². The summed E-state index contributed by atoms with van der Waals surface area (Å²) in [7, 11) is 0. The number of rotatable bonds is 5. The van der Waals surface area contributed by atoms with E-state index < -0.39 is 23.7 Å². The summed E-state index contributed by atoms with van der Waals surface area (Å²) < 4.78 is 5.91. The molecule has 4 rings (SSSR count). The third-order valence-electron chi connectivity index (χ3n) is 5.41. The second-order valence-corrected chi connectivity index (χ2v) is 9.61. The number of carbonyl (C=O) groups excluding carboxylic acids is 3. The highest BCUT2D eigenvalue weighted by Crippen LogP contribution is 2.44. The summed E-state index contributed by atoms with van der Waals surface area (Å²) in [6, 6.07) is 13.2. The molecule has 0 radical (unpaired) electrons. The Morgan fingerprint density at radius 2 is 1.76 bits per heavy atom. The average Bonchev–Trinajstić information content (AvgIpc) is 3.31. The van der Waals surface area contributed by atoms with Gasteiger partial charge in [0.1, 0.15) is 10.6 Å². The van der Waals surface area contributed by atoms with Crippen LogP contribution in [0.5, 0.6) is 0 Å². The second-order valence-electron chi connectivity index (χ2n) is 7.72. The normalized spacial score (nSPS) is 17.3. The van der Waals surface area contributed by atoms with Crippen LogP contribution in [-0.4, -0.2) is 34.4 Å². The molecule has 2 heterocycles. The second kappa shape index (κ2) is 9.52. The minimum atomic E-state index is -0.921. The van der Waals surface area contributed by atoms with Gasteiger partial charge in [-0.15, -0.1) is 0 Å². The van der Waals surface area contributed by atoms with Crippen LogP contribution in [0, 0.1) is 13.8 Å². The standard InChI is InChI=1S/C25H21BrN2O5S/c1-4-33-24(32)22-14(3)27-25(34-22)28-19(15-9-11-17(26)12-10-15)18(21(30)23(28)31)20(29)16-7-5-13(2)6-8-16/h5-12,19,29H,4H2,1-3H3/t19-/m1/s1. The summed E-state index contributed by atoms with van der Waals surface area (Å²) >= 11 is 4.38. The molecule has 1 aliphatic rings. The summed E-state index contributed by atoms with van der Waals surface area (Å²) in [6.45, 7) is 5.46. The molecule has 1 N–H and O–H groups in total. The van der Waals surface area contributed by atoms with Crippen LogP contribution >= 0.6 is 27.3 Å². The zero-order valence-electron chi connectivity index (χ0n) is 18.7. The van der Waals surface area contributed by atoms with Crippen molar-refractivity contribution < 1.29 is 24.2 Å². The Labute approximate surface area is 208 Å². The number of esters is 1. The molecule has 9 heteroatoms. The average molecular weight is 541 g/mol. The molecule has 0 aliphatic carbocycles. The highest BCUT2D eigenvalue weighted by atomic mass is 79.9. The molecule has 1 aromatic heterocycles. The first kappa shape index (κ1) is 23.8. The van der Waals surface area contributed by atoms with Crippen LogP contribution in [0.1, 0.15) is 45.0 Å². The number of aryl methyl sites for hydroxylation is 2. The molecule has 1 atom stereocenters. The van der Waals surface area contributed by atoms with Crippen LogP contribution in [-0.2, 0) is 14.3 Å². The Morgan fingerprint density at radius 3 is 2.38 bits per heavy atom. The van der Waals surface area contributed by atoms with Crippen molar-refractivity contribution in [3.8, 4) is 0 Å². The highest BCUT2D eigenvalue weighted by molar-refractivity contribution is 9.10. The maximum Gasteiger partial charge on any atom is 0.350 e. The van der Waals surface area contributed by atoms with Crippen molar-refractivity contribution in [2.75, 3.05) is 11.5 Å². The molecule has 1 fully saturated rings. The Bertz CT molecular complexity index is 1310. The molecule has 1 saturated heterocycles. The van der Waals surface area contributed by atoms with E-state index >= 15 is 0 Å². The van der Waals surface area contributed by atoms with Gasteiger partial charge in [-0.3, -0.25) is 14.5 Å². The van der Waals surface area contributed by atoms with Gasteiger partial charge in [0.2, 0.25) is 0 Å². The monoisotopic (exact) mass is 540 g/mol. The molecule has 0 saturated carbocycles. The number of benzene rings is 2. The number of amides is 1. The minimum absolute atomic E-state index is 0.0401. The van der Waals surface area contributed by atoms with Gasteiger partial charge in [-0.2, -0.15) is 0 Å². The van der Waals surface area contributed by atoms with E-state index in [1.54, 1.807) is 50.2 Å². The van der Waals surface area contributed by atoms with Gasteiger partial charge < -0.3 is 9.84 Å². The maximum atomic E-state index is 13.2. The van der Waals surface area contributed by atoms with E-state index in [4.69, 9.17) is 4.74 Å². The molecule has 0 bridgehead atoms. The summed E-state index contributed by atoms with van der Waals surface area (Å²) in [4.78, 5) is 44.7. The van der Waals surface area contributed by atoms with Crippen molar-refractivity contribution in [2.45, 2.75) is 26.8 Å². The third-order valence-corrected chi connectivity index (χ3v) is 7.07. The number of aromatic nitrogens is 1. The quantitative estimate of drug-likeness (QED) is 0.203. The van der Waals surface area contributed by atoms with E-state index in [1.807, 2.05) is 19.1 Å². The minimum Gasteiger partial charge on any atom is -0.507 e. The van der Waals surface area contributed by atoms with Crippen LogP contribution in [0.4, 0.5) is 5.13 Å². The molecule has 0 spiro atoms. The van der Waals surface area contributed by atoms with Crippen LogP contribution in [0.25, 0.3) is 5.76 Å². The smallest absolute Gasteiger partial charge is 0.350 e. The van der Waals surface area contributed by atoms with E-state index in [1.165, 1.54) is 4.90 Å². The number of aliphatic hydroxyl groups is 1. The van der Waals surface area contributed by atoms with E-state index in [9.17, 15) is 19.5 Å². The molecule has 174 valence electrons. The van der Waals surface area contributed by atoms with Crippen molar-refractivity contribution >= 4 is 55.8 Å². The highest BCUT2D eigenvalue weighted by Gasteiger charge is 2.48. The van der Waals surface area contributed by atoms with Crippen molar-refractivity contribution in [1.29, 1.82) is 0 Å². The first-order valence-corrected chi connectivity index (χ1v) is 12.1. The van der Waals surface area contributed by atoms with Gasteiger partial charge in [0, 0.05) is 10.0 Å². The lowest BCUT2D eigenvalue weighted by Gasteiger charge is -2.23.